The van der Waals surface area contributed by atoms with Crippen LogP contribution in [0.5, 0.6) is 0 Å². The lowest BCUT2D eigenvalue weighted by molar-refractivity contribution is -0.416. The van der Waals surface area contributed by atoms with E-state index in [0.717, 1.165) is 6.08 Å². The van der Waals surface area contributed by atoms with Gasteiger partial charge < -0.3 is 9.47 Å². The van der Waals surface area contributed by atoms with Gasteiger partial charge in [-0.1, -0.05) is 12.2 Å². The number of halogens is 7. The summed E-state index contributed by atoms with van der Waals surface area (Å²) < 4.78 is 106. The quantitative estimate of drug-likeness (QED) is 0.401. The third-order valence-electron chi connectivity index (χ3n) is 4.53. The van der Waals surface area contributed by atoms with Crippen molar-refractivity contribution < 1.29 is 45.0 Å². The average Bonchev–Trinajstić information content (AvgIpc) is 2.93. The van der Waals surface area contributed by atoms with Crippen molar-refractivity contribution in [1.29, 1.82) is 0 Å². The Morgan fingerprint density at radius 1 is 1.08 bits per heavy atom. The van der Waals surface area contributed by atoms with E-state index < -0.39 is 60.1 Å². The zero-order valence-electron chi connectivity index (χ0n) is 14.3. The van der Waals surface area contributed by atoms with Gasteiger partial charge in [0.25, 0.3) is 5.60 Å². The van der Waals surface area contributed by atoms with Crippen molar-refractivity contribution in [2.45, 2.75) is 62.8 Å². The van der Waals surface area contributed by atoms with Crippen molar-refractivity contribution in [2.24, 2.45) is 11.8 Å². The molecule has 3 nitrogen and oxygen atoms in total. The van der Waals surface area contributed by atoms with E-state index in [1.165, 1.54) is 26.8 Å². The second kappa shape index (κ2) is 6.10. The molecule has 0 heterocycles. The Balaban J connectivity index is 2.43. The third-order valence-corrected chi connectivity index (χ3v) is 4.53. The van der Waals surface area contributed by atoms with Crippen LogP contribution in [-0.2, 0) is 14.3 Å². The molecule has 3 atom stereocenters. The van der Waals surface area contributed by atoms with Gasteiger partial charge in [-0.05, 0) is 39.5 Å². The van der Waals surface area contributed by atoms with Crippen LogP contribution in [0.15, 0.2) is 12.2 Å². The van der Waals surface area contributed by atoms with Crippen LogP contribution < -0.4 is 0 Å². The molecule has 3 unspecified atom stereocenters. The highest BCUT2D eigenvalue weighted by Crippen LogP contribution is 2.63. The topological polar surface area (TPSA) is 35.5 Å². The number of alkyl halides is 7. The number of fused-ring (bicyclic) bond motifs is 2. The Labute approximate surface area is 145 Å². The number of hydrogen-bond donors (Lipinski definition) is 0. The van der Waals surface area contributed by atoms with Crippen LogP contribution in [0, 0.1) is 11.8 Å². The van der Waals surface area contributed by atoms with Gasteiger partial charge in [-0.25, -0.2) is 9.18 Å². The first-order valence-corrected chi connectivity index (χ1v) is 7.90. The van der Waals surface area contributed by atoms with E-state index in [4.69, 9.17) is 0 Å². The Hall–Kier alpha value is -1.32. The summed E-state index contributed by atoms with van der Waals surface area (Å²) in [6.07, 6.45) is -11.0. The summed E-state index contributed by atoms with van der Waals surface area (Å²) in [6, 6.07) is 0. The summed E-state index contributed by atoms with van der Waals surface area (Å²) in [6.45, 7) is 2.46. The molecule has 0 saturated heterocycles. The van der Waals surface area contributed by atoms with Crippen LogP contribution in [0.2, 0.25) is 0 Å². The first kappa shape index (κ1) is 21.0. The molecule has 150 valence electrons. The molecular weight excluding hydrogens is 373 g/mol. The number of allylic oxidation sites excluding steroid dienone is 2. The molecule has 2 bridgehead atoms. The van der Waals surface area contributed by atoms with Gasteiger partial charge in [-0.3, -0.25) is 0 Å². The van der Waals surface area contributed by atoms with Crippen molar-refractivity contribution in [3.63, 3.8) is 0 Å². The molecule has 0 aromatic carbocycles. The van der Waals surface area contributed by atoms with Crippen molar-refractivity contribution in [3.05, 3.63) is 12.2 Å². The van der Waals surface area contributed by atoms with Crippen molar-refractivity contribution in [3.8, 4) is 0 Å². The molecule has 0 N–H and O–H groups in total. The molecule has 26 heavy (non-hydrogen) atoms. The molecule has 0 aromatic rings. The van der Waals surface area contributed by atoms with Crippen LogP contribution in [0.25, 0.3) is 0 Å². The molecule has 2 rings (SSSR count). The summed E-state index contributed by atoms with van der Waals surface area (Å²) >= 11 is 0. The molecule has 0 aliphatic heterocycles. The second-order valence-electron chi connectivity index (χ2n) is 7.61. The minimum atomic E-state index is -6.12. The van der Waals surface area contributed by atoms with Gasteiger partial charge in [-0.2, -0.15) is 26.3 Å². The Morgan fingerprint density at radius 2 is 1.62 bits per heavy atom. The van der Waals surface area contributed by atoms with E-state index in [-0.39, 0.29) is 6.42 Å². The van der Waals surface area contributed by atoms with Crippen LogP contribution in [-0.4, -0.2) is 41.8 Å². The monoisotopic (exact) mass is 392 g/mol. The highest BCUT2D eigenvalue weighted by atomic mass is 19.4. The SMILES string of the molecule is CC(C)(C)OC(=O)COC(C(F)(F)F)(C(F)(F)F)C1(F)CC2C=CC1C2. The van der Waals surface area contributed by atoms with Crippen LogP contribution in [0.4, 0.5) is 30.7 Å². The minimum Gasteiger partial charge on any atom is -0.458 e. The molecular formula is C16H19F7O3. The van der Waals surface area contributed by atoms with E-state index >= 15 is 4.39 Å². The zero-order valence-corrected chi connectivity index (χ0v) is 14.3. The molecule has 0 radical (unpaired) electrons. The molecule has 0 aromatic heterocycles. The van der Waals surface area contributed by atoms with Crippen LogP contribution in [0.1, 0.15) is 33.6 Å². The van der Waals surface area contributed by atoms with Crippen LogP contribution in [0.3, 0.4) is 0 Å². The van der Waals surface area contributed by atoms with Gasteiger partial charge in [0.1, 0.15) is 12.2 Å². The molecule has 1 saturated carbocycles. The fraction of sp³-hybridized carbons (Fsp3) is 0.812. The predicted octanol–water partition coefficient (Wildman–Crippen LogP) is 4.51. The number of hydrogen-bond acceptors (Lipinski definition) is 3. The molecule has 1 fully saturated rings. The standard InChI is InChI=1S/C16H19F7O3/c1-12(2,3)26-11(24)8-25-14(15(18,19)20,16(21,22)23)13(17)7-9-4-5-10(13)6-9/h4-5,9-10H,6-8H2,1-3H3. The van der Waals surface area contributed by atoms with Crippen LogP contribution >= 0.6 is 0 Å². The Bertz CT molecular complexity index is 574. The lowest BCUT2D eigenvalue weighted by Gasteiger charge is -2.47. The minimum absolute atomic E-state index is 0.166. The van der Waals surface area contributed by atoms with Gasteiger partial charge in [0.2, 0.25) is 0 Å². The van der Waals surface area contributed by atoms with Gasteiger partial charge in [0.15, 0.2) is 5.67 Å². The van der Waals surface area contributed by atoms with Gasteiger partial charge >= 0.3 is 18.3 Å². The Kier molecular flexibility index (Phi) is 4.92. The smallest absolute Gasteiger partial charge is 0.429 e. The summed E-state index contributed by atoms with van der Waals surface area (Å²) in [4.78, 5) is 11.6. The second-order valence-corrected chi connectivity index (χ2v) is 7.61. The van der Waals surface area contributed by atoms with Gasteiger partial charge in [0, 0.05) is 5.92 Å². The first-order chi connectivity index (χ1) is 11.5. The first-order valence-electron chi connectivity index (χ1n) is 7.90. The molecule has 2 aliphatic rings. The van der Waals surface area contributed by atoms with E-state index in [9.17, 15) is 31.1 Å². The Morgan fingerprint density at radius 3 is 1.96 bits per heavy atom. The summed E-state index contributed by atoms with van der Waals surface area (Å²) in [5.41, 5.74) is -10.0. The fourth-order valence-corrected chi connectivity index (χ4v) is 3.66. The largest absolute Gasteiger partial charge is 0.458 e. The maximum absolute atomic E-state index is 15.3. The molecule has 0 amide bonds. The van der Waals surface area contributed by atoms with Crippen molar-refractivity contribution in [2.75, 3.05) is 6.61 Å². The maximum atomic E-state index is 15.3. The highest BCUT2D eigenvalue weighted by molar-refractivity contribution is 5.71. The van der Waals surface area contributed by atoms with E-state index in [1.807, 2.05) is 0 Å². The van der Waals surface area contributed by atoms with E-state index in [2.05, 4.69) is 9.47 Å². The van der Waals surface area contributed by atoms with Crippen molar-refractivity contribution >= 4 is 5.97 Å². The lowest BCUT2D eigenvalue weighted by atomic mass is 9.74. The molecule has 10 heteroatoms. The summed E-state index contributed by atoms with van der Waals surface area (Å²) in [5.74, 6) is -3.79. The number of ether oxygens (including phenoxy) is 2. The predicted molar refractivity (Wildman–Crippen MR) is 75.8 cm³/mol. The number of carbonyl (C=O) groups excluding carboxylic acids is 1. The molecule has 2 aliphatic carbocycles. The van der Waals surface area contributed by atoms with Gasteiger partial charge in [0.05, 0.1) is 0 Å². The van der Waals surface area contributed by atoms with E-state index in [1.54, 1.807) is 0 Å². The van der Waals surface area contributed by atoms with E-state index in [0.29, 0.717) is 0 Å². The fourth-order valence-electron chi connectivity index (χ4n) is 3.66. The normalized spacial score (nSPS) is 29.3. The third kappa shape index (κ3) is 3.32. The maximum Gasteiger partial charge on any atom is 0.429 e. The number of rotatable bonds is 4. The number of esters is 1. The number of carbonyl (C=O) groups is 1. The highest BCUT2D eigenvalue weighted by Gasteiger charge is 2.84. The summed E-state index contributed by atoms with van der Waals surface area (Å²) in [5, 5.41) is 0. The van der Waals surface area contributed by atoms with Gasteiger partial charge in [-0.15, -0.1) is 0 Å². The zero-order chi connectivity index (χ0) is 20.2. The molecule has 0 spiro atoms. The lowest BCUT2D eigenvalue weighted by Crippen LogP contribution is -2.72. The van der Waals surface area contributed by atoms with Crippen molar-refractivity contribution in [1.82, 2.24) is 0 Å². The summed E-state index contributed by atoms with van der Waals surface area (Å²) in [7, 11) is 0. The average molecular weight is 392 g/mol.